The van der Waals surface area contributed by atoms with E-state index in [0.717, 1.165) is 0 Å². The van der Waals surface area contributed by atoms with Crippen LogP contribution in [0.3, 0.4) is 0 Å². The molecule has 0 aromatic heterocycles. The van der Waals surface area contributed by atoms with E-state index in [1.54, 1.807) is 0 Å². The topological polar surface area (TPSA) is 57.5 Å². The molecule has 0 aromatic rings. The van der Waals surface area contributed by atoms with E-state index in [1.165, 1.54) is 6.92 Å². The molecular weight excluding hydrogens is 226 g/mol. The Morgan fingerprint density at radius 1 is 1.42 bits per heavy atom. The summed E-state index contributed by atoms with van der Waals surface area (Å²) in [6.07, 6.45) is 0.0509. The van der Waals surface area contributed by atoms with Crippen LogP contribution < -0.4 is 0 Å². The number of alkyl halides is 3. The van der Waals surface area contributed by atoms with Gasteiger partial charge in [0.2, 0.25) is 3.79 Å². The maximum atomic E-state index is 10.7. The number of aliphatic hydroxyl groups excluding tert-OH is 1. The monoisotopic (exact) mass is 234 g/mol. The molecule has 0 saturated heterocycles. The number of aliphatic hydroxyl groups is 1. The summed E-state index contributed by atoms with van der Waals surface area (Å²) in [5, 5.41) is 17.6. The van der Waals surface area contributed by atoms with Gasteiger partial charge in [0.1, 0.15) is 5.41 Å². The Bertz CT molecular complexity index is 171. The van der Waals surface area contributed by atoms with Gasteiger partial charge in [-0.1, -0.05) is 41.7 Å². The number of hydrogen-bond acceptors (Lipinski definition) is 2. The van der Waals surface area contributed by atoms with Gasteiger partial charge in [0.05, 0.1) is 6.61 Å². The van der Waals surface area contributed by atoms with Crippen molar-refractivity contribution < 1.29 is 15.0 Å². The fourth-order valence-corrected chi connectivity index (χ4v) is 1.56. The molecule has 0 spiro atoms. The van der Waals surface area contributed by atoms with E-state index in [-0.39, 0.29) is 6.42 Å². The Morgan fingerprint density at radius 3 is 1.83 bits per heavy atom. The molecule has 2 N–H and O–H groups in total. The molecule has 6 heteroatoms. The van der Waals surface area contributed by atoms with Crippen LogP contribution in [0.15, 0.2) is 0 Å². The van der Waals surface area contributed by atoms with E-state index >= 15 is 0 Å². The Kier molecular flexibility index (Phi) is 4.11. The lowest BCUT2D eigenvalue weighted by molar-refractivity contribution is -0.151. The molecule has 0 rings (SSSR count). The van der Waals surface area contributed by atoms with Crippen molar-refractivity contribution in [3.8, 4) is 0 Å². The highest BCUT2D eigenvalue weighted by Gasteiger charge is 2.53. The number of carboxylic acids is 1. The first-order chi connectivity index (χ1) is 5.31. The largest absolute Gasteiger partial charge is 0.481 e. The number of carboxylic acid groups (broad SMARTS) is 1. The second-order valence-electron chi connectivity index (χ2n) is 2.40. The van der Waals surface area contributed by atoms with Crippen molar-refractivity contribution in [1.29, 1.82) is 0 Å². The highest BCUT2D eigenvalue weighted by atomic mass is 35.6. The molecule has 0 aliphatic carbocycles. The molecule has 1 atom stereocenters. The molecule has 0 radical (unpaired) electrons. The van der Waals surface area contributed by atoms with Gasteiger partial charge < -0.3 is 10.2 Å². The molecule has 0 fully saturated rings. The van der Waals surface area contributed by atoms with Crippen LogP contribution in [0, 0.1) is 5.41 Å². The number of hydrogen-bond donors (Lipinski definition) is 2. The zero-order valence-corrected chi connectivity index (χ0v) is 8.62. The maximum absolute atomic E-state index is 10.7. The minimum absolute atomic E-state index is 0.0509. The van der Waals surface area contributed by atoms with Crippen LogP contribution in [0.5, 0.6) is 0 Å². The molecule has 0 aromatic carbocycles. The van der Waals surface area contributed by atoms with Gasteiger partial charge in [-0.05, 0) is 6.42 Å². The summed E-state index contributed by atoms with van der Waals surface area (Å²) in [5.41, 5.74) is -1.71. The molecule has 72 valence electrons. The second kappa shape index (κ2) is 4.01. The summed E-state index contributed by atoms with van der Waals surface area (Å²) in [7, 11) is 0. The van der Waals surface area contributed by atoms with Crippen LogP contribution >= 0.6 is 34.8 Å². The second-order valence-corrected chi connectivity index (χ2v) is 4.68. The van der Waals surface area contributed by atoms with Gasteiger partial charge in [0.25, 0.3) is 0 Å². The lowest BCUT2D eigenvalue weighted by Gasteiger charge is -2.32. The lowest BCUT2D eigenvalue weighted by Crippen LogP contribution is -2.45. The predicted octanol–water partition coefficient (Wildman–Crippen LogP) is 1.83. The summed E-state index contributed by atoms with van der Waals surface area (Å²) in [5.74, 6) is -1.31. The maximum Gasteiger partial charge on any atom is 0.316 e. The number of rotatable bonds is 3. The van der Waals surface area contributed by atoms with Crippen LogP contribution in [0.25, 0.3) is 0 Å². The molecule has 0 saturated carbocycles. The van der Waals surface area contributed by atoms with Crippen LogP contribution in [0.2, 0.25) is 0 Å². The standard InChI is InChI=1S/C6H9Cl3O3/c1-2-5(3-10,4(11)12)6(7,8)9/h10H,2-3H2,1H3,(H,11,12). The first-order valence-electron chi connectivity index (χ1n) is 3.23. The first-order valence-corrected chi connectivity index (χ1v) is 4.36. The summed E-state index contributed by atoms with van der Waals surface area (Å²) in [6, 6.07) is 0. The van der Waals surface area contributed by atoms with E-state index in [4.69, 9.17) is 45.0 Å². The van der Waals surface area contributed by atoms with Crippen molar-refractivity contribution in [2.24, 2.45) is 5.41 Å². The van der Waals surface area contributed by atoms with E-state index in [1.807, 2.05) is 0 Å². The molecular formula is C6H9Cl3O3. The minimum atomic E-state index is -2.00. The molecule has 0 amide bonds. The van der Waals surface area contributed by atoms with Gasteiger partial charge >= 0.3 is 5.97 Å². The fourth-order valence-electron chi connectivity index (χ4n) is 0.742. The van der Waals surface area contributed by atoms with E-state index in [0.29, 0.717) is 0 Å². The van der Waals surface area contributed by atoms with Gasteiger partial charge in [0.15, 0.2) is 0 Å². The van der Waals surface area contributed by atoms with E-state index < -0.39 is 21.8 Å². The Hall–Kier alpha value is 0.300. The Morgan fingerprint density at radius 2 is 1.83 bits per heavy atom. The number of aliphatic carboxylic acids is 1. The third kappa shape index (κ3) is 1.96. The van der Waals surface area contributed by atoms with Gasteiger partial charge in [0, 0.05) is 0 Å². The normalized spacial score (nSPS) is 17.1. The van der Waals surface area contributed by atoms with Crippen LogP contribution in [-0.4, -0.2) is 26.6 Å². The van der Waals surface area contributed by atoms with Gasteiger partial charge in [-0.15, -0.1) is 0 Å². The molecule has 1 unspecified atom stereocenters. The van der Waals surface area contributed by atoms with Crippen molar-refractivity contribution in [2.75, 3.05) is 6.61 Å². The summed E-state index contributed by atoms with van der Waals surface area (Å²) in [4.78, 5) is 10.7. The Labute approximate surface area is 85.2 Å². The van der Waals surface area contributed by atoms with Crippen molar-refractivity contribution in [2.45, 2.75) is 17.1 Å². The Balaban J connectivity index is 4.97. The third-order valence-electron chi connectivity index (χ3n) is 1.83. The van der Waals surface area contributed by atoms with Gasteiger partial charge in [-0.3, -0.25) is 4.79 Å². The third-order valence-corrected chi connectivity index (χ3v) is 2.91. The highest BCUT2D eigenvalue weighted by molar-refractivity contribution is 6.68. The number of carbonyl (C=O) groups is 1. The van der Waals surface area contributed by atoms with E-state index in [9.17, 15) is 4.79 Å². The molecule has 0 aliphatic heterocycles. The molecule has 0 aliphatic rings. The van der Waals surface area contributed by atoms with Crippen molar-refractivity contribution >= 4 is 40.8 Å². The van der Waals surface area contributed by atoms with Crippen LogP contribution in [0.4, 0.5) is 0 Å². The van der Waals surface area contributed by atoms with E-state index in [2.05, 4.69) is 0 Å². The molecule has 12 heavy (non-hydrogen) atoms. The quantitative estimate of drug-likeness (QED) is 0.734. The smallest absolute Gasteiger partial charge is 0.316 e. The van der Waals surface area contributed by atoms with Gasteiger partial charge in [-0.25, -0.2) is 0 Å². The summed E-state index contributed by atoms with van der Waals surface area (Å²) < 4.78 is -2.00. The van der Waals surface area contributed by atoms with Crippen LogP contribution in [0.1, 0.15) is 13.3 Å². The molecule has 0 heterocycles. The van der Waals surface area contributed by atoms with Crippen LogP contribution in [-0.2, 0) is 4.79 Å². The minimum Gasteiger partial charge on any atom is -0.481 e. The summed E-state index contributed by atoms with van der Waals surface area (Å²) >= 11 is 16.3. The fraction of sp³-hybridized carbons (Fsp3) is 0.833. The zero-order valence-electron chi connectivity index (χ0n) is 6.35. The lowest BCUT2D eigenvalue weighted by atomic mass is 9.88. The molecule has 3 nitrogen and oxygen atoms in total. The summed E-state index contributed by atoms with van der Waals surface area (Å²) in [6.45, 7) is 0.835. The average Bonchev–Trinajstić information content (AvgIpc) is 1.87. The SMILES string of the molecule is CCC(CO)(C(=O)O)C(Cl)(Cl)Cl. The zero-order chi connectivity index (χ0) is 9.99. The van der Waals surface area contributed by atoms with Crippen molar-refractivity contribution in [3.63, 3.8) is 0 Å². The highest BCUT2D eigenvalue weighted by Crippen LogP contribution is 2.46. The first kappa shape index (κ1) is 12.3. The van der Waals surface area contributed by atoms with Crippen molar-refractivity contribution in [3.05, 3.63) is 0 Å². The van der Waals surface area contributed by atoms with Gasteiger partial charge in [-0.2, -0.15) is 0 Å². The average molecular weight is 235 g/mol. The van der Waals surface area contributed by atoms with Crippen molar-refractivity contribution in [1.82, 2.24) is 0 Å². The predicted molar refractivity (Wildman–Crippen MR) is 47.7 cm³/mol. The number of halogens is 3. The molecule has 0 bridgehead atoms.